The zero-order chi connectivity index (χ0) is 31.4. The van der Waals surface area contributed by atoms with Crippen molar-refractivity contribution in [2.24, 2.45) is 0 Å². The molecule has 0 saturated carbocycles. The SMILES string of the molecule is CCOC(=O)CCN1CCN(c2ccnc(Nc3nc(-c4ccc(Cl)c(C(F)(F)F)c4)c(CN4CCC[C@H]4C)s3)c2F)CC1. The average molecular weight is 655 g/mol. The Labute approximate surface area is 263 Å². The second kappa shape index (κ2) is 14.0. The first-order valence-electron chi connectivity index (χ1n) is 14.7. The molecule has 2 aromatic heterocycles. The summed E-state index contributed by atoms with van der Waals surface area (Å²) in [7, 11) is 0. The Morgan fingerprint density at radius 2 is 1.95 bits per heavy atom. The second-order valence-electron chi connectivity index (χ2n) is 10.9. The predicted molar refractivity (Wildman–Crippen MR) is 164 cm³/mol. The molecule has 0 amide bonds. The van der Waals surface area contributed by atoms with Crippen molar-refractivity contribution in [1.82, 2.24) is 19.8 Å². The number of benzene rings is 1. The predicted octanol–water partition coefficient (Wildman–Crippen LogP) is 6.82. The van der Waals surface area contributed by atoms with Crippen LogP contribution in [0.1, 0.15) is 43.6 Å². The molecule has 1 N–H and O–H groups in total. The summed E-state index contributed by atoms with van der Waals surface area (Å²) in [6, 6.07) is 5.73. The van der Waals surface area contributed by atoms with Gasteiger partial charge in [0.05, 0.1) is 35.0 Å². The van der Waals surface area contributed by atoms with Crippen LogP contribution in [0.25, 0.3) is 11.3 Å². The first kappa shape index (κ1) is 32.4. The van der Waals surface area contributed by atoms with Crippen LogP contribution >= 0.6 is 22.9 Å². The van der Waals surface area contributed by atoms with E-state index in [2.05, 4.69) is 32.0 Å². The van der Waals surface area contributed by atoms with E-state index in [0.29, 0.717) is 74.9 Å². The zero-order valence-electron chi connectivity index (χ0n) is 24.6. The summed E-state index contributed by atoms with van der Waals surface area (Å²) >= 11 is 7.16. The van der Waals surface area contributed by atoms with E-state index in [-0.39, 0.29) is 22.4 Å². The van der Waals surface area contributed by atoms with E-state index in [1.807, 2.05) is 4.90 Å². The van der Waals surface area contributed by atoms with Crippen molar-refractivity contribution in [2.75, 3.05) is 56.1 Å². The fourth-order valence-corrected chi connectivity index (χ4v) is 6.83. The summed E-state index contributed by atoms with van der Waals surface area (Å²) in [4.78, 5) is 27.7. The maximum Gasteiger partial charge on any atom is 0.417 e. The highest BCUT2D eigenvalue weighted by Gasteiger charge is 2.34. The first-order chi connectivity index (χ1) is 21.0. The van der Waals surface area contributed by atoms with Crippen molar-refractivity contribution in [2.45, 2.75) is 51.9 Å². The van der Waals surface area contributed by atoms with Crippen molar-refractivity contribution >= 4 is 45.5 Å². The van der Waals surface area contributed by atoms with Crippen LogP contribution in [0.2, 0.25) is 5.02 Å². The molecule has 2 aliphatic rings. The molecule has 44 heavy (non-hydrogen) atoms. The van der Waals surface area contributed by atoms with Gasteiger partial charge in [-0.05, 0) is 51.4 Å². The summed E-state index contributed by atoms with van der Waals surface area (Å²) in [5.74, 6) is -0.781. The van der Waals surface area contributed by atoms with Crippen molar-refractivity contribution in [3.05, 3.63) is 51.7 Å². The highest BCUT2D eigenvalue weighted by atomic mass is 35.5. The van der Waals surface area contributed by atoms with Gasteiger partial charge in [0.15, 0.2) is 16.8 Å². The number of ether oxygens (including phenoxy) is 1. The number of thiazole rings is 1. The molecular weight excluding hydrogens is 620 g/mol. The van der Waals surface area contributed by atoms with Crippen molar-refractivity contribution in [1.29, 1.82) is 0 Å². The Bertz CT molecular complexity index is 1460. The summed E-state index contributed by atoms with van der Waals surface area (Å²) in [6.45, 7) is 8.70. The van der Waals surface area contributed by atoms with Gasteiger partial charge < -0.3 is 15.0 Å². The average Bonchev–Trinajstić information content (AvgIpc) is 3.58. The lowest BCUT2D eigenvalue weighted by Crippen LogP contribution is -2.47. The number of carbonyl (C=O) groups is 1. The maximum absolute atomic E-state index is 15.8. The molecule has 2 saturated heterocycles. The molecule has 0 bridgehead atoms. The molecule has 1 atom stereocenters. The quantitative estimate of drug-likeness (QED) is 0.189. The third kappa shape index (κ3) is 7.61. The number of likely N-dealkylation sites (tertiary alicyclic amines) is 1. The van der Waals surface area contributed by atoms with Gasteiger partial charge in [-0.3, -0.25) is 14.6 Å². The molecule has 8 nitrogen and oxygen atoms in total. The highest BCUT2D eigenvalue weighted by molar-refractivity contribution is 7.16. The van der Waals surface area contributed by atoms with E-state index in [1.165, 1.54) is 29.7 Å². The standard InChI is InChI=1S/C30H35ClF4N6O2S/c1-3-43-25(42)9-12-39-13-15-40(16-14-39)23-8-10-36-28(26(23)32)38-29-37-27(24(44-29)18-41-11-4-5-19(41)2)20-6-7-22(31)21(17-20)30(33,34)35/h6-8,10,17,19H,3-5,9,11-16,18H2,1-2H3,(H,36,37,38)/t19-/m1/s1. The number of nitrogens with zero attached hydrogens (tertiary/aromatic N) is 5. The zero-order valence-corrected chi connectivity index (χ0v) is 26.2. The van der Waals surface area contributed by atoms with Crippen molar-refractivity contribution < 1.29 is 27.1 Å². The molecule has 0 aliphatic carbocycles. The lowest BCUT2D eigenvalue weighted by molar-refractivity contribution is -0.143. The number of piperazine rings is 1. The van der Waals surface area contributed by atoms with Crippen molar-refractivity contribution in [3.63, 3.8) is 0 Å². The van der Waals surface area contributed by atoms with Gasteiger partial charge in [0.25, 0.3) is 0 Å². The smallest absolute Gasteiger partial charge is 0.417 e. The van der Waals surface area contributed by atoms with Crippen LogP contribution in [0.5, 0.6) is 0 Å². The van der Waals surface area contributed by atoms with Gasteiger partial charge in [-0.15, -0.1) is 0 Å². The molecule has 2 aliphatic heterocycles. The number of alkyl halides is 3. The van der Waals surface area contributed by atoms with Crippen molar-refractivity contribution in [3.8, 4) is 11.3 Å². The molecule has 5 rings (SSSR count). The highest BCUT2D eigenvalue weighted by Crippen LogP contribution is 2.40. The van der Waals surface area contributed by atoms with E-state index < -0.39 is 17.6 Å². The van der Waals surface area contributed by atoms with E-state index in [9.17, 15) is 18.0 Å². The minimum atomic E-state index is -4.62. The van der Waals surface area contributed by atoms with Gasteiger partial charge in [0, 0.05) is 61.9 Å². The summed E-state index contributed by atoms with van der Waals surface area (Å²) in [6.07, 6.45) is -0.702. The summed E-state index contributed by atoms with van der Waals surface area (Å²) in [5, 5.41) is 2.94. The van der Waals surface area contributed by atoms with Gasteiger partial charge in [0.1, 0.15) is 0 Å². The minimum Gasteiger partial charge on any atom is -0.466 e. The number of hydrogen-bond acceptors (Lipinski definition) is 9. The fraction of sp³-hybridized carbons (Fsp3) is 0.500. The van der Waals surface area contributed by atoms with Crippen LogP contribution in [-0.2, 0) is 22.3 Å². The number of anilines is 3. The lowest BCUT2D eigenvalue weighted by Gasteiger charge is -2.36. The third-order valence-corrected chi connectivity index (χ3v) is 9.31. The van der Waals surface area contributed by atoms with E-state index in [4.69, 9.17) is 16.3 Å². The molecule has 4 heterocycles. The first-order valence-corrected chi connectivity index (χ1v) is 15.9. The summed E-state index contributed by atoms with van der Waals surface area (Å²) in [5.41, 5.74) is 0.147. The molecular formula is C30H35ClF4N6O2S. The van der Waals surface area contributed by atoms with Gasteiger partial charge in [0.2, 0.25) is 0 Å². The molecule has 0 radical (unpaired) electrons. The minimum absolute atomic E-state index is 0.0132. The molecule has 14 heteroatoms. The Morgan fingerprint density at radius 1 is 1.18 bits per heavy atom. The number of pyridine rings is 1. The largest absolute Gasteiger partial charge is 0.466 e. The number of aromatic nitrogens is 2. The Morgan fingerprint density at radius 3 is 2.64 bits per heavy atom. The van der Waals surface area contributed by atoms with Crippen LogP contribution in [0.15, 0.2) is 30.5 Å². The molecule has 0 spiro atoms. The van der Waals surface area contributed by atoms with E-state index in [1.54, 1.807) is 13.0 Å². The summed E-state index contributed by atoms with van der Waals surface area (Å²) < 4.78 is 61.8. The number of halogens is 5. The Balaban J connectivity index is 1.36. The van der Waals surface area contributed by atoms with Crippen LogP contribution in [-0.4, -0.2) is 77.7 Å². The van der Waals surface area contributed by atoms with Crippen LogP contribution in [0.3, 0.4) is 0 Å². The van der Waals surface area contributed by atoms with Gasteiger partial charge >= 0.3 is 12.1 Å². The number of nitrogens with one attached hydrogen (secondary N) is 1. The number of esters is 1. The molecule has 1 aromatic carbocycles. The maximum atomic E-state index is 15.8. The third-order valence-electron chi connectivity index (χ3n) is 8.02. The Kier molecular flexibility index (Phi) is 10.3. The van der Waals surface area contributed by atoms with Gasteiger partial charge in [-0.2, -0.15) is 13.2 Å². The molecule has 2 fully saturated rings. The monoisotopic (exact) mass is 654 g/mol. The fourth-order valence-electron chi connectivity index (χ4n) is 5.60. The van der Waals surface area contributed by atoms with Gasteiger partial charge in [-0.1, -0.05) is 29.0 Å². The molecule has 0 unspecified atom stereocenters. The van der Waals surface area contributed by atoms with Crippen LogP contribution in [0.4, 0.5) is 34.2 Å². The topological polar surface area (TPSA) is 73.8 Å². The van der Waals surface area contributed by atoms with Gasteiger partial charge in [-0.25, -0.2) is 14.4 Å². The number of carbonyl (C=O) groups excluding carboxylic acids is 1. The number of rotatable bonds is 10. The molecule has 3 aromatic rings. The second-order valence-corrected chi connectivity index (χ2v) is 12.4. The van der Waals surface area contributed by atoms with E-state index in [0.717, 1.165) is 30.3 Å². The molecule has 238 valence electrons. The van der Waals surface area contributed by atoms with E-state index >= 15 is 4.39 Å². The normalized spacial score (nSPS) is 18.2. The number of hydrogen-bond donors (Lipinski definition) is 1. The van der Waals surface area contributed by atoms with Crippen LogP contribution in [0, 0.1) is 5.82 Å². The van der Waals surface area contributed by atoms with Crippen LogP contribution < -0.4 is 10.2 Å². The Hall–Kier alpha value is -3.00. The lowest BCUT2D eigenvalue weighted by atomic mass is 10.1.